The van der Waals surface area contributed by atoms with Gasteiger partial charge in [-0.15, -0.1) is 0 Å². The molecule has 0 saturated heterocycles. The van der Waals surface area contributed by atoms with Crippen LogP contribution in [0.15, 0.2) is 16.6 Å². The molecule has 1 heterocycles. The summed E-state index contributed by atoms with van der Waals surface area (Å²) < 4.78 is 17.5. The highest BCUT2D eigenvalue weighted by Crippen LogP contribution is 2.38. The molecular formula is C16H24BrNO3. The first-order valence-corrected chi connectivity index (χ1v) is 8.38. The average Bonchev–Trinajstić information content (AvgIpc) is 2.72. The summed E-state index contributed by atoms with van der Waals surface area (Å²) in [6.45, 7) is 4.18. The van der Waals surface area contributed by atoms with Gasteiger partial charge >= 0.3 is 0 Å². The van der Waals surface area contributed by atoms with E-state index in [-0.39, 0.29) is 0 Å². The third kappa shape index (κ3) is 5.49. The van der Waals surface area contributed by atoms with E-state index in [0.29, 0.717) is 0 Å². The Kier molecular flexibility index (Phi) is 7.33. The van der Waals surface area contributed by atoms with Crippen LogP contribution in [0.3, 0.4) is 0 Å². The van der Waals surface area contributed by atoms with Crippen LogP contribution in [0.5, 0.6) is 11.5 Å². The summed E-state index contributed by atoms with van der Waals surface area (Å²) in [5.74, 6) is 1.72. The van der Waals surface area contributed by atoms with Crippen LogP contribution in [0.1, 0.15) is 24.8 Å². The lowest BCUT2D eigenvalue weighted by molar-refractivity contribution is 0.199. The van der Waals surface area contributed by atoms with Crippen LogP contribution in [-0.2, 0) is 11.2 Å². The summed E-state index contributed by atoms with van der Waals surface area (Å²) in [5, 5.41) is 3.36. The normalized spacial score (nSPS) is 14.0. The van der Waals surface area contributed by atoms with Gasteiger partial charge in [0.2, 0.25) is 0 Å². The molecule has 0 spiro atoms. The monoisotopic (exact) mass is 357 g/mol. The summed E-state index contributed by atoms with van der Waals surface area (Å²) >= 11 is 3.59. The number of halogens is 1. The number of rotatable bonds is 8. The maximum Gasteiger partial charge on any atom is 0.175 e. The van der Waals surface area contributed by atoms with Crippen LogP contribution < -0.4 is 14.8 Å². The molecule has 0 amide bonds. The fraction of sp³-hybridized carbons (Fsp3) is 0.625. The number of fused-ring (bicyclic) bond motifs is 1. The minimum atomic E-state index is 0.720. The molecule has 0 aromatic heterocycles. The highest BCUT2D eigenvalue weighted by atomic mass is 79.9. The van der Waals surface area contributed by atoms with Crippen molar-refractivity contribution in [2.45, 2.75) is 25.7 Å². The van der Waals surface area contributed by atoms with Gasteiger partial charge in [0.05, 0.1) is 24.3 Å². The minimum Gasteiger partial charge on any atom is -0.490 e. The molecular weight excluding hydrogens is 334 g/mol. The van der Waals surface area contributed by atoms with Crippen LogP contribution in [-0.4, -0.2) is 40.0 Å². The second-order valence-electron chi connectivity index (χ2n) is 5.16. The zero-order valence-electron chi connectivity index (χ0n) is 12.6. The third-order valence-corrected chi connectivity index (χ3v) is 4.00. The summed E-state index contributed by atoms with van der Waals surface area (Å²) in [5.41, 5.74) is 1.29. The molecule has 1 aliphatic heterocycles. The Balaban J connectivity index is 1.78. The molecule has 1 aliphatic rings. The number of unbranched alkanes of at least 4 members (excludes halogenated alkanes) is 1. The van der Waals surface area contributed by atoms with Gasteiger partial charge in [-0.1, -0.05) is 0 Å². The lowest BCUT2D eigenvalue weighted by Gasteiger charge is -2.12. The highest BCUT2D eigenvalue weighted by molar-refractivity contribution is 9.10. The van der Waals surface area contributed by atoms with Gasteiger partial charge in [0, 0.05) is 20.1 Å². The summed E-state index contributed by atoms with van der Waals surface area (Å²) in [7, 11) is 1.73. The van der Waals surface area contributed by atoms with Crippen molar-refractivity contribution in [2.24, 2.45) is 0 Å². The number of hydrogen-bond acceptors (Lipinski definition) is 4. The maximum atomic E-state index is 5.76. The standard InChI is InChI=1S/C16H24BrNO3/c1-19-10-7-18-6-3-2-5-13-11-14(17)16-15(12-13)20-8-4-9-21-16/h11-12,18H,2-10H2,1H3. The Morgan fingerprint density at radius 1 is 1.19 bits per heavy atom. The Hall–Kier alpha value is -0.780. The predicted molar refractivity (Wildman–Crippen MR) is 87.4 cm³/mol. The topological polar surface area (TPSA) is 39.7 Å². The van der Waals surface area contributed by atoms with Gasteiger partial charge in [-0.25, -0.2) is 0 Å². The fourth-order valence-electron chi connectivity index (χ4n) is 2.31. The van der Waals surface area contributed by atoms with Crippen molar-refractivity contribution in [1.29, 1.82) is 0 Å². The number of nitrogens with one attached hydrogen (secondary N) is 1. The van der Waals surface area contributed by atoms with Gasteiger partial charge in [0.25, 0.3) is 0 Å². The van der Waals surface area contributed by atoms with Crippen LogP contribution in [0.4, 0.5) is 0 Å². The van der Waals surface area contributed by atoms with E-state index in [0.717, 1.165) is 74.6 Å². The molecule has 1 N–H and O–H groups in total. The quantitative estimate of drug-likeness (QED) is 0.725. The smallest absolute Gasteiger partial charge is 0.175 e. The molecule has 21 heavy (non-hydrogen) atoms. The summed E-state index contributed by atoms with van der Waals surface area (Å²) in [6.07, 6.45) is 4.31. The predicted octanol–water partition coefficient (Wildman–Crippen LogP) is 3.17. The second kappa shape index (κ2) is 9.28. The van der Waals surface area contributed by atoms with E-state index >= 15 is 0 Å². The van der Waals surface area contributed by atoms with E-state index in [1.807, 2.05) is 0 Å². The van der Waals surface area contributed by atoms with E-state index in [2.05, 4.69) is 33.4 Å². The zero-order valence-corrected chi connectivity index (χ0v) is 14.2. The minimum absolute atomic E-state index is 0.720. The molecule has 0 unspecified atom stereocenters. The number of benzene rings is 1. The van der Waals surface area contributed by atoms with E-state index in [4.69, 9.17) is 14.2 Å². The van der Waals surface area contributed by atoms with E-state index < -0.39 is 0 Å². The van der Waals surface area contributed by atoms with Crippen LogP contribution in [0.2, 0.25) is 0 Å². The van der Waals surface area contributed by atoms with Crippen molar-refractivity contribution in [1.82, 2.24) is 5.32 Å². The van der Waals surface area contributed by atoms with Gasteiger partial charge < -0.3 is 19.5 Å². The SMILES string of the molecule is COCCNCCCCc1cc(Br)c2c(c1)OCCCO2. The van der Waals surface area contributed by atoms with Crippen molar-refractivity contribution in [2.75, 3.05) is 40.0 Å². The van der Waals surface area contributed by atoms with Gasteiger partial charge in [-0.3, -0.25) is 0 Å². The number of methoxy groups -OCH3 is 1. The van der Waals surface area contributed by atoms with E-state index in [1.165, 1.54) is 5.56 Å². The molecule has 0 saturated carbocycles. The first-order valence-electron chi connectivity index (χ1n) is 7.59. The molecule has 1 aromatic rings. The summed E-state index contributed by atoms with van der Waals surface area (Å²) in [4.78, 5) is 0. The van der Waals surface area contributed by atoms with Crippen LogP contribution in [0, 0.1) is 0 Å². The van der Waals surface area contributed by atoms with Crippen molar-refractivity contribution < 1.29 is 14.2 Å². The second-order valence-corrected chi connectivity index (χ2v) is 6.01. The van der Waals surface area contributed by atoms with Gasteiger partial charge in [-0.2, -0.15) is 0 Å². The largest absolute Gasteiger partial charge is 0.490 e. The Morgan fingerprint density at radius 3 is 2.90 bits per heavy atom. The van der Waals surface area contributed by atoms with Crippen molar-refractivity contribution in [3.05, 3.63) is 22.2 Å². The van der Waals surface area contributed by atoms with E-state index in [9.17, 15) is 0 Å². The molecule has 0 fully saturated rings. The van der Waals surface area contributed by atoms with Crippen LogP contribution in [0.25, 0.3) is 0 Å². The number of aryl methyl sites for hydroxylation is 1. The molecule has 0 atom stereocenters. The molecule has 1 aromatic carbocycles. The molecule has 0 radical (unpaired) electrons. The molecule has 118 valence electrons. The third-order valence-electron chi connectivity index (χ3n) is 3.41. The van der Waals surface area contributed by atoms with Gasteiger partial charge in [0.15, 0.2) is 11.5 Å². The molecule has 0 aliphatic carbocycles. The van der Waals surface area contributed by atoms with Crippen molar-refractivity contribution >= 4 is 15.9 Å². The van der Waals surface area contributed by atoms with Crippen molar-refractivity contribution in [3.63, 3.8) is 0 Å². The van der Waals surface area contributed by atoms with E-state index in [1.54, 1.807) is 7.11 Å². The number of ether oxygens (including phenoxy) is 3. The van der Waals surface area contributed by atoms with Crippen molar-refractivity contribution in [3.8, 4) is 11.5 Å². The lowest BCUT2D eigenvalue weighted by atomic mass is 10.1. The fourth-order valence-corrected chi connectivity index (χ4v) is 2.91. The molecule has 0 bridgehead atoms. The Morgan fingerprint density at radius 2 is 2.05 bits per heavy atom. The van der Waals surface area contributed by atoms with Gasteiger partial charge in [0.1, 0.15) is 0 Å². The Bertz CT molecular complexity index is 440. The van der Waals surface area contributed by atoms with Crippen LogP contribution >= 0.6 is 15.9 Å². The first-order chi connectivity index (χ1) is 10.3. The maximum absolute atomic E-state index is 5.76. The zero-order chi connectivity index (χ0) is 14.9. The van der Waals surface area contributed by atoms with Gasteiger partial charge in [-0.05, 0) is 59.4 Å². The Labute approximate surface area is 135 Å². The first kappa shape index (κ1) is 16.6. The highest BCUT2D eigenvalue weighted by Gasteiger charge is 2.15. The molecule has 2 rings (SSSR count). The lowest BCUT2D eigenvalue weighted by Crippen LogP contribution is -2.20. The number of hydrogen-bond donors (Lipinski definition) is 1. The average molecular weight is 358 g/mol. The molecule has 5 heteroatoms. The summed E-state index contributed by atoms with van der Waals surface area (Å²) in [6, 6.07) is 4.26. The molecule has 4 nitrogen and oxygen atoms in total.